The van der Waals surface area contributed by atoms with Crippen molar-refractivity contribution in [2.75, 3.05) is 20.3 Å². The van der Waals surface area contributed by atoms with E-state index in [-0.39, 0.29) is 5.65 Å². The van der Waals surface area contributed by atoms with Crippen LogP contribution in [0, 0.1) is 12.7 Å². The van der Waals surface area contributed by atoms with Gasteiger partial charge < -0.3 is 14.4 Å². The van der Waals surface area contributed by atoms with E-state index in [1.54, 1.807) is 67.2 Å². The molecule has 35 heavy (non-hydrogen) atoms. The number of carbonyl (C=O) groups excluding carboxylic acids is 1. The Bertz CT molecular complexity index is 1360. The van der Waals surface area contributed by atoms with E-state index in [0.717, 1.165) is 11.1 Å². The van der Waals surface area contributed by atoms with Gasteiger partial charge in [-0.3, -0.25) is 18.9 Å². The molecule has 4 rings (SSSR count). The van der Waals surface area contributed by atoms with Crippen LogP contribution < -0.4 is 4.74 Å². The number of carbonyl (C=O) groups is 1. The lowest BCUT2D eigenvalue weighted by atomic mass is 10.1. The van der Waals surface area contributed by atoms with Gasteiger partial charge in [-0.1, -0.05) is 0 Å². The van der Waals surface area contributed by atoms with E-state index in [9.17, 15) is 9.18 Å². The predicted molar refractivity (Wildman–Crippen MR) is 127 cm³/mol. The van der Waals surface area contributed by atoms with Gasteiger partial charge in [0.2, 0.25) is 6.41 Å². The van der Waals surface area contributed by atoms with Crippen molar-refractivity contribution in [1.82, 2.24) is 34.3 Å². The monoisotopic (exact) mass is 479 g/mol. The highest BCUT2D eigenvalue weighted by molar-refractivity contribution is 5.64. The molecular weight excluding hydrogens is 453 g/mol. The van der Waals surface area contributed by atoms with E-state index in [0.29, 0.717) is 42.5 Å². The molecule has 0 aliphatic heterocycles. The first-order chi connectivity index (χ1) is 16.9. The Morgan fingerprint density at radius 1 is 1.17 bits per heavy atom. The molecule has 0 unspecified atom stereocenters. The molecule has 0 N–H and O–H groups in total. The van der Waals surface area contributed by atoms with Crippen LogP contribution in [-0.2, 0) is 16.6 Å². The van der Waals surface area contributed by atoms with Crippen molar-refractivity contribution >= 4 is 18.1 Å². The van der Waals surface area contributed by atoms with Crippen molar-refractivity contribution in [3.8, 4) is 16.9 Å². The fourth-order valence-electron chi connectivity index (χ4n) is 3.59. The predicted octanol–water partition coefficient (Wildman–Crippen LogP) is 3.19. The van der Waals surface area contributed by atoms with Crippen LogP contribution in [0.5, 0.6) is 5.75 Å². The van der Waals surface area contributed by atoms with Gasteiger partial charge in [0, 0.05) is 43.9 Å². The summed E-state index contributed by atoms with van der Waals surface area (Å²) >= 11 is 0. The maximum atomic E-state index is 14.8. The summed E-state index contributed by atoms with van der Waals surface area (Å²) in [5.74, 6) is 0.532. The second kappa shape index (κ2) is 10.4. The summed E-state index contributed by atoms with van der Waals surface area (Å²) in [5, 5.41) is 12.3. The Kier molecular flexibility index (Phi) is 7.16. The number of pyridine rings is 2. The van der Waals surface area contributed by atoms with Crippen molar-refractivity contribution in [3.63, 3.8) is 0 Å². The molecule has 0 aliphatic carbocycles. The van der Waals surface area contributed by atoms with Crippen LogP contribution in [0.1, 0.15) is 30.0 Å². The van der Waals surface area contributed by atoms with Crippen LogP contribution in [-0.4, -0.2) is 61.0 Å². The van der Waals surface area contributed by atoms with Crippen molar-refractivity contribution in [1.29, 1.82) is 0 Å². The minimum Gasteiger partial charge on any atom is -0.490 e. The number of halogens is 1. The molecule has 0 bridgehead atoms. The smallest absolute Gasteiger partial charge is 0.214 e. The lowest BCUT2D eigenvalue weighted by Gasteiger charge is -2.20. The van der Waals surface area contributed by atoms with E-state index in [2.05, 4.69) is 20.3 Å². The first kappa shape index (κ1) is 24.0. The zero-order valence-electron chi connectivity index (χ0n) is 19.9. The molecule has 0 aromatic carbocycles. The largest absolute Gasteiger partial charge is 0.490 e. The van der Waals surface area contributed by atoms with Crippen LogP contribution in [0.4, 0.5) is 4.39 Å². The van der Waals surface area contributed by atoms with Crippen LogP contribution >= 0.6 is 0 Å². The van der Waals surface area contributed by atoms with E-state index in [1.165, 1.54) is 11.0 Å². The number of rotatable bonds is 10. The third-order valence-electron chi connectivity index (χ3n) is 5.52. The van der Waals surface area contributed by atoms with E-state index in [1.807, 2.05) is 13.0 Å². The average Bonchev–Trinajstić information content (AvgIpc) is 3.47. The highest BCUT2D eigenvalue weighted by atomic mass is 19.1. The summed E-state index contributed by atoms with van der Waals surface area (Å²) in [6.07, 6.45) is 10.8. The molecule has 1 atom stereocenters. The Hall–Kier alpha value is -4.12. The van der Waals surface area contributed by atoms with Gasteiger partial charge in [0.1, 0.15) is 12.4 Å². The zero-order valence-corrected chi connectivity index (χ0v) is 19.9. The summed E-state index contributed by atoms with van der Waals surface area (Å²) in [7, 11) is 3.40. The molecule has 1 amide bonds. The number of nitrogens with zero attached hydrogens (tertiary/aromatic N) is 7. The molecule has 11 heteroatoms. The molecule has 10 nitrogen and oxygen atoms in total. The molecule has 0 saturated heterocycles. The number of ether oxygens (including phenoxy) is 2. The minimum absolute atomic E-state index is 0.0795. The third-order valence-corrected chi connectivity index (χ3v) is 5.52. The number of hydrogen-bond donors (Lipinski definition) is 0. The van der Waals surface area contributed by atoms with Gasteiger partial charge >= 0.3 is 0 Å². The average molecular weight is 480 g/mol. The number of aryl methyl sites for hydroxylation is 2. The van der Waals surface area contributed by atoms with Crippen LogP contribution in [0.15, 0.2) is 43.1 Å². The summed E-state index contributed by atoms with van der Waals surface area (Å²) in [4.78, 5) is 17.8. The summed E-state index contributed by atoms with van der Waals surface area (Å²) in [6, 6.07) is 2.73. The molecule has 0 spiro atoms. The Morgan fingerprint density at radius 3 is 2.69 bits per heavy atom. The molecule has 0 saturated carbocycles. The standard InChI is InChI=1S/C24H26FN7O3/c1-16-9-20(35-8-7-34-4)12-26-22(16)5-6-31(15-33)17(2)23-28-29-24-21(25)10-18(14-32(23)24)19-11-27-30(3)13-19/h5-6,9-15,17H,7-8H2,1-4H3/b6-5-/t17-/m1/s1. The maximum Gasteiger partial charge on any atom is 0.214 e. The number of amides is 1. The van der Waals surface area contributed by atoms with Crippen molar-refractivity contribution in [3.05, 3.63) is 66.0 Å². The fourth-order valence-corrected chi connectivity index (χ4v) is 3.59. The summed E-state index contributed by atoms with van der Waals surface area (Å²) in [6.45, 7) is 4.60. The first-order valence-corrected chi connectivity index (χ1v) is 10.9. The second-order valence-electron chi connectivity index (χ2n) is 7.99. The maximum absolute atomic E-state index is 14.8. The van der Waals surface area contributed by atoms with Gasteiger partial charge in [0.05, 0.1) is 30.7 Å². The SMILES string of the molecule is COCCOc1cnc(/C=C\N(C=O)[C@H](C)c2nnc3c(F)cc(-c4cnn(C)c4)cn23)c(C)c1. The Balaban J connectivity index is 1.58. The van der Waals surface area contributed by atoms with Crippen LogP contribution in [0.25, 0.3) is 22.9 Å². The quantitative estimate of drug-likeness (QED) is 0.254. The molecule has 4 heterocycles. The number of fused-ring (bicyclic) bond motifs is 1. The Morgan fingerprint density at radius 2 is 2.00 bits per heavy atom. The molecule has 182 valence electrons. The van der Waals surface area contributed by atoms with Crippen molar-refractivity contribution in [2.45, 2.75) is 19.9 Å². The number of hydrogen-bond acceptors (Lipinski definition) is 7. The van der Waals surface area contributed by atoms with Crippen LogP contribution in [0.3, 0.4) is 0 Å². The number of methoxy groups -OCH3 is 1. The second-order valence-corrected chi connectivity index (χ2v) is 7.99. The molecule has 0 fully saturated rings. The lowest BCUT2D eigenvalue weighted by Crippen LogP contribution is -2.21. The topological polar surface area (TPSA) is 99.7 Å². The lowest BCUT2D eigenvalue weighted by molar-refractivity contribution is -0.117. The highest BCUT2D eigenvalue weighted by Crippen LogP contribution is 2.25. The fraction of sp³-hybridized carbons (Fsp3) is 0.292. The van der Waals surface area contributed by atoms with Gasteiger partial charge in [0.15, 0.2) is 17.3 Å². The van der Waals surface area contributed by atoms with Crippen molar-refractivity contribution in [2.24, 2.45) is 7.05 Å². The van der Waals surface area contributed by atoms with Gasteiger partial charge in [-0.15, -0.1) is 10.2 Å². The minimum atomic E-state index is -0.528. The van der Waals surface area contributed by atoms with E-state index < -0.39 is 11.9 Å². The van der Waals surface area contributed by atoms with E-state index in [4.69, 9.17) is 9.47 Å². The van der Waals surface area contributed by atoms with Gasteiger partial charge in [0.25, 0.3) is 0 Å². The molecule has 0 radical (unpaired) electrons. The molecule has 4 aromatic heterocycles. The summed E-state index contributed by atoms with van der Waals surface area (Å²) in [5.41, 5.74) is 3.02. The first-order valence-electron chi connectivity index (χ1n) is 10.9. The third kappa shape index (κ3) is 5.19. The number of aromatic nitrogens is 6. The molecule has 0 aliphatic rings. The normalized spacial score (nSPS) is 12.4. The van der Waals surface area contributed by atoms with E-state index >= 15 is 0 Å². The highest BCUT2D eigenvalue weighted by Gasteiger charge is 2.21. The van der Waals surface area contributed by atoms with Gasteiger partial charge in [-0.25, -0.2) is 4.39 Å². The van der Waals surface area contributed by atoms with Crippen molar-refractivity contribution < 1.29 is 18.7 Å². The summed E-state index contributed by atoms with van der Waals surface area (Å²) < 4.78 is 28.5. The zero-order chi connectivity index (χ0) is 24.9. The molecular formula is C24H26FN7O3. The Labute approximate surface area is 201 Å². The van der Waals surface area contributed by atoms with Gasteiger partial charge in [-0.2, -0.15) is 5.10 Å². The molecule has 4 aromatic rings. The van der Waals surface area contributed by atoms with Crippen LogP contribution in [0.2, 0.25) is 0 Å². The van der Waals surface area contributed by atoms with Gasteiger partial charge in [-0.05, 0) is 37.6 Å².